The van der Waals surface area contributed by atoms with Gasteiger partial charge in [0.2, 0.25) is 0 Å². The molecule has 0 saturated carbocycles. The largest absolute Gasteiger partial charge is 0.472 e. The van der Waals surface area contributed by atoms with Crippen LogP contribution in [-0.2, 0) is 42.2 Å². The van der Waals surface area contributed by atoms with Gasteiger partial charge in [-0.1, -0.05) is 218 Å². The van der Waals surface area contributed by atoms with E-state index in [1.54, 1.807) is 0 Å². The Hall–Kier alpha value is -2.04. The molecular weight excluding hydrogens is 856 g/mol. The van der Waals surface area contributed by atoms with Gasteiger partial charge in [0.1, 0.15) is 12.7 Å². The second-order valence-corrected chi connectivity index (χ2v) is 19.9. The molecular formula is C54H101O11P. The number of hydrogen-bond acceptors (Lipinski definition) is 10. The van der Waals surface area contributed by atoms with Crippen molar-refractivity contribution in [2.45, 2.75) is 277 Å². The Kier molecular flexibility index (Phi) is 47.9. The summed E-state index contributed by atoms with van der Waals surface area (Å²) in [6.45, 7) is 4.61. The first-order chi connectivity index (χ1) is 32.2. The van der Waals surface area contributed by atoms with Crippen molar-refractivity contribution in [2.75, 3.05) is 26.4 Å². The van der Waals surface area contributed by atoms with Crippen LogP contribution in [0.5, 0.6) is 0 Å². The summed E-state index contributed by atoms with van der Waals surface area (Å²) in [5.74, 6) is -1.46. The van der Waals surface area contributed by atoms with Crippen molar-refractivity contribution in [3.63, 3.8) is 0 Å². The lowest BCUT2D eigenvalue weighted by atomic mass is 10.0. The number of allylic oxidation sites excluding steroid dienone is 4. The molecule has 0 bridgehead atoms. The monoisotopic (exact) mass is 957 g/mol. The molecule has 0 aromatic heterocycles. The normalized spacial score (nSPS) is 13.6. The molecule has 0 aromatic carbocycles. The molecule has 0 saturated heterocycles. The predicted octanol–water partition coefficient (Wildman–Crippen LogP) is 15.5. The van der Waals surface area contributed by atoms with Crippen molar-refractivity contribution in [3.05, 3.63) is 24.3 Å². The van der Waals surface area contributed by atoms with Gasteiger partial charge in [-0.2, -0.15) is 0 Å². The van der Waals surface area contributed by atoms with Crippen molar-refractivity contribution >= 4 is 25.7 Å². The van der Waals surface area contributed by atoms with Crippen molar-refractivity contribution in [3.8, 4) is 0 Å². The zero-order valence-corrected chi connectivity index (χ0v) is 43.6. The van der Waals surface area contributed by atoms with Crippen LogP contribution in [-0.4, -0.2) is 66.5 Å². The topological polar surface area (TPSA) is 155 Å². The molecule has 2 N–H and O–H groups in total. The fraction of sp³-hybridized carbons (Fsp3) is 0.870. The van der Waals surface area contributed by atoms with Crippen LogP contribution in [0.1, 0.15) is 265 Å². The minimum Gasteiger partial charge on any atom is -0.462 e. The van der Waals surface area contributed by atoms with Crippen LogP contribution in [0.4, 0.5) is 0 Å². The quantitative estimate of drug-likeness (QED) is 0.0197. The lowest BCUT2D eigenvalue weighted by Crippen LogP contribution is -2.30. The molecule has 0 amide bonds. The summed E-state index contributed by atoms with van der Waals surface area (Å²) in [4.78, 5) is 48.3. The minimum atomic E-state index is -4.73. The molecule has 0 radical (unpaired) electrons. The average molecular weight is 957 g/mol. The number of aliphatic hydroxyl groups is 1. The molecule has 12 heteroatoms. The van der Waals surface area contributed by atoms with Crippen LogP contribution >= 0.6 is 7.82 Å². The molecule has 0 fully saturated rings. The van der Waals surface area contributed by atoms with Crippen LogP contribution in [0, 0.1) is 0 Å². The van der Waals surface area contributed by atoms with Gasteiger partial charge in [0.05, 0.1) is 19.8 Å². The van der Waals surface area contributed by atoms with Crippen molar-refractivity contribution in [2.24, 2.45) is 0 Å². The number of hydrogen-bond donors (Lipinski definition) is 2. The number of phosphoric acid groups is 1. The fourth-order valence-electron chi connectivity index (χ4n) is 7.68. The standard InChI is InChI=1S/C54H101O11P/c1-4-7-10-13-16-19-21-23-24-25-26-28-30-33-36-39-42-45-54(58)65-51(47-61-52(56)43-40-37-34-31-18-15-12-9-6-3)49-63-66(59,60)62-48-50(46-55)64-53(57)44-41-38-35-32-29-27-22-20-17-14-11-8-5-2/h16,19,23-24,50-51,55H,4-15,17-18,20-22,25-49H2,1-3H3,(H,59,60)/b19-16-,24-23-. The first-order valence-corrected chi connectivity index (χ1v) is 28.7. The highest BCUT2D eigenvalue weighted by molar-refractivity contribution is 7.47. The number of unbranched alkanes of at least 4 members (excludes halogenated alkanes) is 30. The maximum absolute atomic E-state index is 12.8. The second-order valence-electron chi connectivity index (χ2n) is 18.4. The summed E-state index contributed by atoms with van der Waals surface area (Å²) in [5.41, 5.74) is 0. The lowest BCUT2D eigenvalue weighted by molar-refractivity contribution is -0.161. The number of ether oxygens (including phenoxy) is 3. The molecule has 0 aromatic rings. The zero-order chi connectivity index (χ0) is 48.4. The summed E-state index contributed by atoms with van der Waals surface area (Å²) in [6.07, 6.45) is 47.1. The third kappa shape index (κ3) is 47.0. The Morgan fingerprint density at radius 1 is 0.424 bits per heavy atom. The molecule has 388 valence electrons. The highest BCUT2D eigenvalue weighted by atomic mass is 31.2. The predicted molar refractivity (Wildman–Crippen MR) is 270 cm³/mol. The number of rotatable bonds is 51. The number of aliphatic hydroxyl groups excluding tert-OH is 1. The Bertz CT molecular complexity index is 1210. The van der Waals surface area contributed by atoms with E-state index in [-0.39, 0.29) is 25.9 Å². The van der Waals surface area contributed by atoms with Gasteiger partial charge in [-0.25, -0.2) is 4.57 Å². The molecule has 0 aliphatic carbocycles. The van der Waals surface area contributed by atoms with Gasteiger partial charge in [0.15, 0.2) is 6.10 Å². The number of phosphoric ester groups is 1. The van der Waals surface area contributed by atoms with Gasteiger partial charge in [-0.3, -0.25) is 23.4 Å². The first-order valence-electron chi connectivity index (χ1n) is 27.2. The van der Waals surface area contributed by atoms with Crippen LogP contribution in [0.15, 0.2) is 24.3 Å². The summed E-state index contributed by atoms with van der Waals surface area (Å²) in [7, 11) is -4.73. The van der Waals surface area contributed by atoms with Crippen molar-refractivity contribution in [1.82, 2.24) is 0 Å². The first kappa shape index (κ1) is 64.0. The highest BCUT2D eigenvalue weighted by Gasteiger charge is 2.28. The van der Waals surface area contributed by atoms with E-state index < -0.39 is 57.8 Å². The molecule has 3 unspecified atom stereocenters. The van der Waals surface area contributed by atoms with E-state index in [2.05, 4.69) is 45.1 Å². The Morgan fingerprint density at radius 3 is 1.15 bits per heavy atom. The smallest absolute Gasteiger partial charge is 0.462 e. The second kappa shape index (κ2) is 49.4. The Morgan fingerprint density at radius 2 is 0.742 bits per heavy atom. The van der Waals surface area contributed by atoms with E-state index in [0.29, 0.717) is 19.3 Å². The number of carbonyl (C=O) groups excluding carboxylic acids is 3. The maximum Gasteiger partial charge on any atom is 0.472 e. The van der Waals surface area contributed by atoms with Crippen LogP contribution < -0.4 is 0 Å². The summed E-state index contributed by atoms with van der Waals surface area (Å²) in [6, 6.07) is 0. The van der Waals surface area contributed by atoms with Crippen molar-refractivity contribution < 1.29 is 52.2 Å². The molecule has 0 aliphatic heterocycles. The average Bonchev–Trinajstić information content (AvgIpc) is 3.30. The van der Waals surface area contributed by atoms with E-state index in [0.717, 1.165) is 77.0 Å². The Balaban J connectivity index is 4.66. The molecule has 0 aliphatic rings. The number of carbonyl (C=O) groups is 3. The van der Waals surface area contributed by atoms with Gasteiger partial charge in [0.25, 0.3) is 0 Å². The summed E-state index contributed by atoms with van der Waals surface area (Å²) < 4.78 is 39.4. The molecule has 11 nitrogen and oxygen atoms in total. The molecule has 0 spiro atoms. The molecule has 66 heavy (non-hydrogen) atoms. The Labute approximate surface area is 404 Å². The van der Waals surface area contributed by atoms with E-state index in [9.17, 15) is 28.9 Å². The van der Waals surface area contributed by atoms with Gasteiger partial charge >= 0.3 is 25.7 Å². The van der Waals surface area contributed by atoms with E-state index >= 15 is 0 Å². The third-order valence-electron chi connectivity index (χ3n) is 11.9. The maximum atomic E-state index is 12.8. The number of esters is 3. The van der Waals surface area contributed by atoms with Crippen LogP contribution in [0.2, 0.25) is 0 Å². The van der Waals surface area contributed by atoms with Crippen LogP contribution in [0.25, 0.3) is 0 Å². The van der Waals surface area contributed by atoms with Gasteiger partial charge in [-0.15, -0.1) is 0 Å². The summed E-state index contributed by atoms with van der Waals surface area (Å²) in [5, 5.41) is 9.77. The lowest BCUT2D eigenvalue weighted by Gasteiger charge is -2.21. The van der Waals surface area contributed by atoms with E-state index in [1.807, 2.05) is 0 Å². The fourth-order valence-corrected chi connectivity index (χ4v) is 8.47. The van der Waals surface area contributed by atoms with Gasteiger partial charge in [-0.05, 0) is 51.4 Å². The van der Waals surface area contributed by atoms with Crippen molar-refractivity contribution in [1.29, 1.82) is 0 Å². The van der Waals surface area contributed by atoms with E-state index in [4.69, 9.17) is 23.3 Å². The van der Waals surface area contributed by atoms with E-state index in [1.165, 1.54) is 128 Å². The van der Waals surface area contributed by atoms with Gasteiger partial charge in [0, 0.05) is 19.3 Å². The molecule has 0 heterocycles. The molecule has 0 rings (SSSR count). The minimum absolute atomic E-state index is 0.164. The zero-order valence-electron chi connectivity index (χ0n) is 42.7. The molecule has 3 atom stereocenters. The highest BCUT2D eigenvalue weighted by Crippen LogP contribution is 2.43. The van der Waals surface area contributed by atoms with Crippen LogP contribution in [0.3, 0.4) is 0 Å². The third-order valence-corrected chi connectivity index (χ3v) is 12.8. The SMILES string of the molecule is CCCCC/C=C\C/C=C\CCCCCCCCCC(=O)OC(COC(=O)CCCCCCCCCCC)COP(=O)(O)OCC(CO)OC(=O)CCCCCCCCCCCCCCC. The van der Waals surface area contributed by atoms with Gasteiger partial charge < -0.3 is 24.2 Å². The summed E-state index contributed by atoms with van der Waals surface area (Å²) >= 11 is 0.